The summed E-state index contributed by atoms with van der Waals surface area (Å²) >= 11 is 0. The number of halogens is 4. The van der Waals surface area contributed by atoms with Crippen molar-refractivity contribution in [1.82, 2.24) is 10.6 Å². The average Bonchev–Trinajstić information content (AvgIpc) is 2.73. The lowest BCUT2D eigenvalue weighted by atomic mass is 9.98. The second kappa shape index (κ2) is 10.6. The van der Waals surface area contributed by atoms with E-state index in [0.29, 0.717) is 17.2 Å². The van der Waals surface area contributed by atoms with Crippen molar-refractivity contribution in [3.8, 4) is 0 Å². The third-order valence-corrected chi connectivity index (χ3v) is 4.73. The SMILES string of the molecule is O=C(CCNC(=O)c1ccc(F)cc1F)NC(Cc1cccc(F)c1)c1cccc(F)c1. The first kappa shape index (κ1) is 23.0. The van der Waals surface area contributed by atoms with E-state index in [0.717, 1.165) is 12.1 Å². The molecule has 3 aromatic rings. The fourth-order valence-electron chi connectivity index (χ4n) is 3.20. The van der Waals surface area contributed by atoms with Crippen LogP contribution in [0.4, 0.5) is 17.6 Å². The highest BCUT2D eigenvalue weighted by molar-refractivity contribution is 5.94. The molecule has 8 heteroatoms. The number of carbonyl (C=O) groups excluding carboxylic acids is 2. The van der Waals surface area contributed by atoms with Crippen LogP contribution in [0.1, 0.15) is 33.9 Å². The number of carbonyl (C=O) groups is 2. The van der Waals surface area contributed by atoms with Crippen LogP contribution in [0.2, 0.25) is 0 Å². The molecule has 0 radical (unpaired) electrons. The number of hydrogen-bond acceptors (Lipinski definition) is 2. The lowest BCUT2D eigenvalue weighted by molar-refractivity contribution is -0.121. The zero-order valence-electron chi connectivity index (χ0n) is 16.9. The molecule has 32 heavy (non-hydrogen) atoms. The summed E-state index contributed by atoms with van der Waals surface area (Å²) in [4.78, 5) is 24.5. The molecule has 166 valence electrons. The van der Waals surface area contributed by atoms with Crippen LogP contribution >= 0.6 is 0 Å². The first-order valence-corrected chi connectivity index (χ1v) is 9.84. The summed E-state index contributed by atoms with van der Waals surface area (Å²) in [6.07, 6.45) is 0.0869. The van der Waals surface area contributed by atoms with Gasteiger partial charge in [-0.3, -0.25) is 9.59 Å². The maximum Gasteiger partial charge on any atom is 0.254 e. The first-order valence-electron chi connectivity index (χ1n) is 9.84. The van der Waals surface area contributed by atoms with E-state index in [-0.39, 0.29) is 24.9 Å². The summed E-state index contributed by atoms with van der Waals surface area (Å²) < 4.78 is 53.9. The Hall–Kier alpha value is -3.68. The molecule has 0 aliphatic rings. The lowest BCUT2D eigenvalue weighted by Crippen LogP contribution is -2.34. The summed E-state index contributed by atoms with van der Waals surface area (Å²) in [6, 6.07) is 13.5. The molecule has 0 spiro atoms. The van der Waals surface area contributed by atoms with E-state index in [2.05, 4.69) is 10.6 Å². The van der Waals surface area contributed by atoms with Crippen LogP contribution in [-0.2, 0) is 11.2 Å². The van der Waals surface area contributed by atoms with E-state index >= 15 is 0 Å². The molecule has 0 aliphatic heterocycles. The second-order valence-electron chi connectivity index (χ2n) is 7.14. The zero-order chi connectivity index (χ0) is 23.1. The molecule has 0 aromatic heterocycles. The molecular formula is C24H20F4N2O2. The van der Waals surface area contributed by atoms with Crippen molar-refractivity contribution in [3.05, 3.63) is 107 Å². The van der Waals surface area contributed by atoms with E-state index in [4.69, 9.17) is 0 Å². The molecule has 2 N–H and O–H groups in total. The molecule has 1 unspecified atom stereocenters. The van der Waals surface area contributed by atoms with Gasteiger partial charge in [-0.25, -0.2) is 17.6 Å². The fourth-order valence-corrected chi connectivity index (χ4v) is 3.20. The van der Waals surface area contributed by atoms with Crippen molar-refractivity contribution in [2.24, 2.45) is 0 Å². The maximum absolute atomic E-state index is 13.7. The van der Waals surface area contributed by atoms with Crippen molar-refractivity contribution >= 4 is 11.8 Å². The van der Waals surface area contributed by atoms with Gasteiger partial charge in [-0.05, 0) is 53.9 Å². The quantitative estimate of drug-likeness (QED) is 0.504. The minimum Gasteiger partial charge on any atom is -0.351 e. The van der Waals surface area contributed by atoms with Crippen LogP contribution in [-0.4, -0.2) is 18.4 Å². The normalized spacial score (nSPS) is 11.6. The Labute approximate surface area is 182 Å². The van der Waals surface area contributed by atoms with Crippen LogP contribution in [0, 0.1) is 23.3 Å². The molecule has 2 amide bonds. The van der Waals surface area contributed by atoms with Gasteiger partial charge in [0.1, 0.15) is 23.3 Å². The highest BCUT2D eigenvalue weighted by atomic mass is 19.1. The minimum absolute atomic E-state index is 0.0999. The van der Waals surface area contributed by atoms with Gasteiger partial charge >= 0.3 is 0 Å². The van der Waals surface area contributed by atoms with E-state index < -0.39 is 41.1 Å². The van der Waals surface area contributed by atoms with Gasteiger partial charge in [0.05, 0.1) is 11.6 Å². The van der Waals surface area contributed by atoms with E-state index in [1.54, 1.807) is 18.2 Å². The Kier molecular flexibility index (Phi) is 7.59. The summed E-state index contributed by atoms with van der Waals surface area (Å²) in [5.74, 6) is -3.95. The van der Waals surface area contributed by atoms with Crippen molar-refractivity contribution in [3.63, 3.8) is 0 Å². The van der Waals surface area contributed by atoms with Crippen molar-refractivity contribution in [2.45, 2.75) is 18.9 Å². The maximum atomic E-state index is 13.7. The molecule has 0 fully saturated rings. The van der Waals surface area contributed by atoms with Crippen molar-refractivity contribution < 1.29 is 27.2 Å². The predicted octanol–water partition coefficient (Wildman–Crippen LogP) is 4.46. The molecule has 4 nitrogen and oxygen atoms in total. The molecule has 0 saturated carbocycles. The fraction of sp³-hybridized carbons (Fsp3) is 0.167. The standard InChI is InChI=1S/C24H20F4N2O2/c25-17-5-1-3-15(11-17)12-22(16-4-2-6-18(26)13-16)30-23(31)9-10-29-24(32)20-8-7-19(27)14-21(20)28/h1-8,11,13-14,22H,9-10,12H2,(H,29,32)(H,30,31). The molecule has 3 rings (SSSR count). The number of hydrogen-bond donors (Lipinski definition) is 2. The topological polar surface area (TPSA) is 58.2 Å². The Balaban J connectivity index is 1.62. The monoisotopic (exact) mass is 444 g/mol. The molecule has 0 heterocycles. The number of rotatable bonds is 8. The third-order valence-electron chi connectivity index (χ3n) is 4.73. The van der Waals surface area contributed by atoms with E-state index in [1.165, 1.54) is 30.3 Å². The first-order chi connectivity index (χ1) is 15.3. The smallest absolute Gasteiger partial charge is 0.254 e. The van der Waals surface area contributed by atoms with Gasteiger partial charge < -0.3 is 10.6 Å². The van der Waals surface area contributed by atoms with Gasteiger partial charge in [-0.2, -0.15) is 0 Å². The Morgan fingerprint density at radius 2 is 1.50 bits per heavy atom. The van der Waals surface area contributed by atoms with Crippen molar-refractivity contribution in [2.75, 3.05) is 6.54 Å². The summed E-state index contributed by atoms with van der Waals surface area (Å²) in [5.41, 5.74) is 0.773. The van der Waals surface area contributed by atoms with Gasteiger partial charge in [0.15, 0.2) is 0 Å². The molecule has 0 bridgehead atoms. The average molecular weight is 444 g/mol. The Morgan fingerprint density at radius 1 is 0.812 bits per heavy atom. The highest BCUT2D eigenvalue weighted by Crippen LogP contribution is 2.20. The third kappa shape index (κ3) is 6.41. The molecule has 1 atom stereocenters. The van der Waals surface area contributed by atoms with Crippen LogP contribution in [0.5, 0.6) is 0 Å². The summed E-state index contributed by atoms with van der Waals surface area (Å²) in [5, 5.41) is 5.16. The van der Waals surface area contributed by atoms with Crippen LogP contribution in [0.3, 0.4) is 0 Å². The van der Waals surface area contributed by atoms with E-state index in [9.17, 15) is 27.2 Å². The predicted molar refractivity (Wildman–Crippen MR) is 111 cm³/mol. The van der Waals surface area contributed by atoms with Crippen LogP contribution < -0.4 is 10.6 Å². The number of benzene rings is 3. The molecular weight excluding hydrogens is 424 g/mol. The zero-order valence-corrected chi connectivity index (χ0v) is 16.9. The van der Waals surface area contributed by atoms with E-state index in [1.807, 2.05) is 0 Å². The largest absolute Gasteiger partial charge is 0.351 e. The molecule has 0 aliphatic carbocycles. The highest BCUT2D eigenvalue weighted by Gasteiger charge is 2.17. The lowest BCUT2D eigenvalue weighted by Gasteiger charge is -2.20. The van der Waals surface area contributed by atoms with Crippen molar-refractivity contribution in [1.29, 1.82) is 0 Å². The number of amides is 2. The summed E-state index contributed by atoms with van der Waals surface area (Å²) in [6.45, 7) is -0.0999. The Morgan fingerprint density at radius 3 is 2.19 bits per heavy atom. The van der Waals surface area contributed by atoms with Gasteiger partial charge in [-0.15, -0.1) is 0 Å². The summed E-state index contributed by atoms with van der Waals surface area (Å²) in [7, 11) is 0. The van der Waals surface area contributed by atoms with Crippen LogP contribution in [0.15, 0.2) is 66.7 Å². The van der Waals surface area contributed by atoms with Crippen LogP contribution in [0.25, 0.3) is 0 Å². The van der Waals surface area contributed by atoms with Gasteiger partial charge in [0, 0.05) is 19.0 Å². The Bertz CT molecular complexity index is 1120. The van der Waals surface area contributed by atoms with Gasteiger partial charge in [0.2, 0.25) is 5.91 Å². The number of nitrogens with one attached hydrogen (secondary N) is 2. The minimum atomic E-state index is -1.01. The van der Waals surface area contributed by atoms with Gasteiger partial charge in [0.25, 0.3) is 5.91 Å². The molecule has 0 saturated heterocycles. The second-order valence-corrected chi connectivity index (χ2v) is 7.14. The van der Waals surface area contributed by atoms with Gasteiger partial charge in [-0.1, -0.05) is 24.3 Å². The molecule has 3 aromatic carbocycles.